The van der Waals surface area contributed by atoms with E-state index < -0.39 is 5.97 Å². The van der Waals surface area contributed by atoms with Gasteiger partial charge >= 0.3 is 5.97 Å². The molecule has 0 aliphatic carbocycles. The summed E-state index contributed by atoms with van der Waals surface area (Å²) >= 11 is 5.55. The lowest BCUT2D eigenvalue weighted by atomic mass is 10.2. The van der Waals surface area contributed by atoms with Gasteiger partial charge in [0.2, 0.25) is 5.28 Å². The van der Waals surface area contributed by atoms with Crippen molar-refractivity contribution in [3.05, 3.63) is 22.7 Å². The molecule has 0 aliphatic heterocycles. The van der Waals surface area contributed by atoms with Crippen molar-refractivity contribution in [1.29, 1.82) is 0 Å². The molecule has 0 N–H and O–H groups in total. The highest BCUT2D eigenvalue weighted by Gasteiger charge is 2.13. The molecule has 1 heterocycles. The summed E-state index contributed by atoms with van der Waals surface area (Å²) in [5.41, 5.74) is 0.874. The van der Waals surface area contributed by atoms with Crippen LogP contribution >= 0.6 is 11.6 Å². The van der Waals surface area contributed by atoms with E-state index in [4.69, 9.17) is 16.3 Å². The minimum Gasteiger partial charge on any atom is -0.459 e. The molecule has 0 saturated heterocycles. The predicted molar refractivity (Wildman–Crippen MR) is 52.3 cm³/mol. The maximum atomic E-state index is 11.4. The van der Waals surface area contributed by atoms with Crippen LogP contribution < -0.4 is 0 Å². The second kappa shape index (κ2) is 4.37. The molecule has 0 amide bonds. The summed E-state index contributed by atoms with van der Waals surface area (Å²) in [6, 6.07) is 0. The van der Waals surface area contributed by atoms with Gasteiger partial charge in [-0.2, -0.15) is 0 Å². The van der Waals surface area contributed by atoms with Gasteiger partial charge in [-0.1, -0.05) is 0 Å². The summed E-state index contributed by atoms with van der Waals surface area (Å²) < 4.78 is 4.99. The van der Waals surface area contributed by atoms with Crippen molar-refractivity contribution in [2.24, 2.45) is 0 Å². The van der Waals surface area contributed by atoms with E-state index in [9.17, 15) is 4.79 Å². The Morgan fingerprint density at radius 3 is 2.71 bits per heavy atom. The number of hydrogen-bond acceptors (Lipinski definition) is 4. The van der Waals surface area contributed by atoms with Crippen molar-refractivity contribution in [3.8, 4) is 0 Å². The van der Waals surface area contributed by atoms with Crippen molar-refractivity contribution in [1.82, 2.24) is 9.97 Å². The van der Waals surface area contributed by atoms with Gasteiger partial charge in [0.15, 0.2) is 0 Å². The summed E-state index contributed by atoms with van der Waals surface area (Å²) in [5, 5.41) is 0.128. The number of carbonyl (C=O) groups is 1. The third-order valence-electron chi connectivity index (χ3n) is 1.51. The van der Waals surface area contributed by atoms with Crippen LogP contribution in [-0.4, -0.2) is 22.0 Å². The average Bonchev–Trinajstić information content (AvgIpc) is 2.01. The Bertz CT molecular complexity index is 353. The number of hydrogen-bond donors (Lipinski definition) is 0. The molecule has 4 nitrogen and oxygen atoms in total. The lowest BCUT2D eigenvalue weighted by molar-refractivity contribution is 0.0376. The highest BCUT2D eigenvalue weighted by Crippen LogP contribution is 2.09. The Labute approximate surface area is 87.3 Å². The Morgan fingerprint density at radius 1 is 1.57 bits per heavy atom. The van der Waals surface area contributed by atoms with Crippen molar-refractivity contribution < 1.29 is 9.53 Å². The molecule has 0 aliphatic rings. The van der Waals surface area contributed by atoms with Gasteiger partial charge in [0.1, 0.15) is 0 Å². The molecule has 1 aromatic heterocycles. The second-order valence-electron chi connectivity index (χ2n) is 3.09. The molecule has 0 spiro atoms. The first-order valence-corrected chi connectivity index (χ1v) is 4.58. The second-order valence-corrected chi connectivity index (χ2v) is 3.43. The number of aromatic nitrogens is 2. The fourth-order valence-corrected chi connectivity index (χ4v) is 1.09. The Hall–Kier alpha value is -1.16. The van der Waals surface area contributed by atoms with Crippen molar-refractivity contribution >= 4 is 17.6 Å². The first kappa shape index (κ1) is 10.9. The number of nitrogens with zero attached hydrogens (tertiary/aromatic N) is 2. The summed E-state index contributed by atoms with van der Waals surface area (Å²) in [5.74, 6) is -0.422. The van der Waals surface area contributed by atoms with Gasteiger partial charge in [0, 0.05) is 6.20 Å². The molecule has 5 heteroatoms. The Morgan fingerprint density at radius 2 is 2.21 bits per heavy atom. The smallest absolute Gasteiger partial charge is 0.341 e. The zero-order chi connectivity index (χ0) is 10.7. The van der Waals surface area contributed by atoms with E-state index in [1.807, 2.05) is 0 Å². The summed E-state index contributed by atoms with van der Waals surface area (Å²) in [4.78, 5) is 19.0. The maximum absolute atomic E-state index is 11.4. The lowest BCUT2D eigenvalue weighted by Crippen LogP contribution is -2.13. The number of rotatable bonds is 2. The number of aryl methyl sites for hydroxylation is 1. The SMILES string of the molecule is Cc1nc(Cl)ncc1C(=O)OC(C)C. The van der Waals surface area contributed by atoms with Gasteiger partial charge in [-0.15, -0.1) is 0 Å². The van der Waals surface area contributed by atoms with Crippen LogP contribution in [0.5, 0.6) is 0 Å². The molecule has 0 bridgehead atoms. The van der Waals surface area contributed by atoms with E-state index >= 15 is 0 Å². The predicted octanol–water partition coefficient (Wildman–Crippen LogP) is 2.00. The largest absolute Gasteiger partial charge is 0.459 e. The standard InChI is InChI=1S/C9H11ClN2O2/c1-5(2)14-8(13)7-4-11-9(10)12-6(7)3/h4-5H,1-3H3. The van der Waals surface area contributed by atoms with Crippen LogP contribution in [0, 0.1) is 6.92 Å². The Kier molecular flexibility index (Phi) is 3.41. The summed E-state index contributed by atoms with van der Waals surface area (Å²) in [6.45, 7) is 5.25. The van der Waals surface area contributed by atoms with Crippen LogP contribution in [0.2, 0.25) is 5.28 Å². The van der Waals surface area contributed by atoms with Gasteiger partial charge in [-0.25, -0.2) is 14.8 Å². The van der Waals surface area contributed by atoms with Crippen LogP contribution in [-0.2, 0) is 4.74 Å². The highest BCUT2D eigenvalue weighted by atomic mass is 35.5. The van der Waals surface area contributed by atoms with Gasteiger partial charge in [0.25, 0.3) is 0 Å². The fourth-order valence-electron chi connectivity index (χ4n) is 0.917. The van der Waals surface area contributed by atoms with E-state index in [-0.39, 0.29) is 11.4 Å². The third-order valence-corrected chi connectivity index (χ3v) is 1.69. The zero-order valence-corrected chi connectivity index (χ0v) is 9.00. The quantitative estimate of drug-likeness (QED) is 0.558. The number of esters is 1. The van der Waals surface area contributed by atoms with Crippen molar-refractivity contribution in [2.75, 3.05) is 0 Å². The van der Waals surface area contributed by atoms with Crippen LogP contribution in [0.1, 0.15) is 29.9 Å². The topological polar surface area (TPSA) is 52.1 Å². The van der Waals surface area contributed by atoms with Crippen molar-refractivity contribution in [2.45, 2.75) is 26.9 Å². The third kappa shape index (κ3) is 2.67. The van der Waals surface area contributed by atoms with Gasteiger partial charge in [0.05, 0.1) is 17.4 Å². The van der Waals surface area contributed by atoms with E-state index in [0.29, 0.717) is 11.3 Å². The van der Waals surface area contributed by atoms with Gasteiger partial charge in [-0.3, -0.25) is 0 Å². The summed E-state index contributed by atoms with van der Waals surface area (Å²) in [7, 11) is 0. The lowest BCUT2D eigenvalue weighted by Gasteiger charge is -2.08. The average molecular weight is 215 g/mol. The molecule has 0 radical (unpaired) electrons. The van der Waals surface area contributed by atoms with E-state index in [0.717, 1.165) is 0 Å². The normalized spacial score (nSPS) is 10.4. The molecule has 1 rings (SSSR count). The molecule has 0 atom stereocenters. The molecule has 0 fully saturated rings. The first-order valence-electron chi connectivity index (χ1n) is 4.21. The van der Waals surface area contributed by atoms with E-state index in [1.165, 1.54) is 6.20 Å². The molecular formula is C9H11ClN2O2. The van der Waals surface area contributed by atoms with E-state index in [1.54, 1.807) is 20.8 Å². The molecule has 14 heavy (non-hydrogen) atoms. The van der Waals surface area contributed by atoms with Crippen LogP contribution in [0.3, 0.4) is 0 Å². The maximum Gasteiger partial charge on any atom is 0.341 e. The molecule has 0 aromatic carbocycles. The molecule has 0 saturated carbocycles. The van der Waals surface area contributed by atoms with Crippen molar-refractivity contribution in [3.63, 3.8) is 0 Å². The molecular weight excluding hydrogens is 204 g/mol. The number of halogens is 1. The number of ether oxygens (including phenoxy) is 1. The minimum atomic E-state index is -0.422. The molecule has 1 aromatic rings. The Balaban J connectivity index is 2.90. The fraction of sp³-hybridized carbons (Fsp3) is 0.444. The number of carbonyl (C=O) groups excluding carboxylic acids is 1. The van der Waals surface area contributed by atoms with Crippen LogP contribution in [0.25, 0.3) is 0 Å². The zero-order valence-electron chi connectivity index (χ0n) is 8.24. The minimum absolute atomic E-state index is 0.128. The summed E-state index contributed by atoms with van der Waals surface area (Å²) in [6.07, 6.45) is 1.22. The van der Waals surface area contributed by atoms with Crippen LogP contribution in [0.15, 0.2) is 6.20 Å². The first-order chi connectivity index (χ1) is 6.50. The van der Waals surface area contributed by atoms with Gasteiger partial charge < -0.3 is 4.74 Å². The van der Waals surface area contributed by atoms with Crippen LogP contribution in [0.4, 0.5) is 0 Å². The molecule has 0 unspecified atom stereocenters. The highest BCUT2D eigenvalue weighted by molar-refractivity contribution is 6.28. The monoisotopic (exact) mass is 214 g/mol. The van der Waals surface area contributed by atoms with E-state index in [2.05, 4.69) is 9.97 Å². The van der Waals surface area contributed by atoms with Gasteiger partial charge in [-0.05, 0) is 32.4 Å². The molecule has 76 valence electrons.